The van der Waals surface area contributed by atoms with E-state index in [1.165, 1.54) is 19.3 Å². The number of rotatable bonds is 3. The van der Waals surface area contributed by atoms with Gasteiger partial charge in [0.2, 0.25) is 0 Å². The van der Waals surface area contributed by atoms with Crippen LogP contribution in [-0.4, -0.2) is 11.7 Å². The third kappa shape index (κ3) is 1.26. The van der Waals surface area contributed by atoms with Gasteiger partial charge in [-0.2, -0.15) is 0 Å². The molecule has 0 aromatic rings. The van der Waals surface area contributed by atoms with E-state index in [1.54, 1.807) is 0 Å². The van der Waals surface area contributed by atoms with Crippen molar-refractivity contribution >= 4 is 0 Å². The molecule has 1 rings (SSSR count). The molecule has 0 aromatic heterocycles. The Bertz CT molecular complexity index is 101. The Morgan fingerprint density at radius 2 is 2.11 bits per heavy atom. The maximum Gasteiger partial charge on any atom is 0.0920 e. The Balaban J connectivity index is 2.25. The first-order valence-corrected chi connectivity index (χ1v) is 3.90. The van der Waals surface area contributed by atoms with Gasteiger partial charge in [0.05, 0.1) is 11.7 Å². The third-order valence-electron chi connectivity index (χ3n) is 2.15. The van der Waals surface area contributed by atoms with Crippen LogP contribution in [0.4, 0.5) is 0 Å². The molecule has 0 spiro atoms. The minimum Gasteiger partial charge on any atom is -0.366 e. The zero-order valence-electron chi connectivity index (χ0n) is 6.61. The van der Waals surface area contributed by atoms with E-state index < -0.39 is 0 Å². The van der Waals surface area contributed by atoms with Gasteiger partial charge >= 0.3 is 0 Å². The quantitative estimate of drug-likeness (QED) is 0.531. The lowest BCUT2D eigenvalue weighted by molar-refractivity contribution is 0.294. The van der Waals surface area contributed by atoms with E-state index >= 15 is 0 Å². The van der Waals surface area contributed by atoms with Gasteiger partial charge in [-0.05, 0) is 19.8 Å². The van der Waals surface area contributed by atoms with Gasteiger partial charge in [-0.3, -0.25) is 0 Å². The summed E-state index contributed by atoms with van der Waals surface area (Å²) in [7, 11) is 0. The summed E-state index contributed by atoms with van der Waals surface area (Å²) in [6.07, 6.45) is 4.21. The van der Waals surface area contributed by atoms with Crippen molar-refractivity contribution < 1.29 is 4.74 Å². The summed E-state index contributed by atoms with van der Waals surface area (Å²) in [5, 5.41) is 0. The van der Waals surface area contributed by atoms with Crippen molar-refractivity contribution in [3.8, 4) is 0 Å². The van der Waals surface area contributed by atoms with Gasteiger partial charge in [0, 0.05) is 0 Å². The molecule has 0 saturated carbocycles. The zero-order chi connectivity index (χ0) is 6.91. The Hall–Kier alpha value is -0.0400. The van der Waals surface area contributed by atoms with Crippen molar-refractivity contribution in [3.63, 3.8) is 0 Å². The van der Waals surface area contributed by atoms with Crippen LogP contribution in [0.5, 0.6) is 0 Å². The average Bonchev–Trinajstić information content (AvgIpc) is 2.43. The SMILES string of the molecule is CCCC1(C)OC1CC. The van der Waals surface area contributed by atoms with Crippen LogP contribution in [0, 0.1) is 0 Å². The van der Waals surface area contributed by atoms with E-state index in [1.807, 2.05) is 0 Å². The van der Waals surface area contributed by atoms with Crippen molar-refractivity contribution in [3.05, 3.63) is 0 Å². The van der Waals surface area contributed by atoms with Crippen LogP contribution in [0.3, 0.4) is 0 Å². The highest BCUT2D eigenvalue weighted by Gasteiger charge is 2.49. The fourth-order valence-electron chi connectivity index (χ4n) is 1.52. The second kappa shape index (κ2) is 2.30. The van der Waals surface area contributed by atoms with Crippen LogP contribution in [-0.2, 0) is 4.74 Å². The van der Waals surface area contributed by atoms with E-state index in [9.17, 15) is 0 Å². The van der Waals surface area contributed by atoms with E-state index in [-0.39, 0.29) is 5.60 Å². The molecule has 9 heavy (non-hydrogen) atoms. The number of hydrogen-bond acceptors (Lipinski definition) is 1. The molecule has 0 radical (unpaired) electrons. The van der Waals surface area contributed by atoms with Crippen LogP contribution >= 0.6 is 0 Å². The Morgan fingerprint density at radius 1 is 1.44 bits per heavy atom. The normalized spacial score (nSPS) is 41.0. The molecule has 54 valence electrons. The lowest BCUT2D eigenvalue weighted by Crippen LogP contribution is -2.07. The van der Waals surface area contributed by atoms with Gasteiger partial charge in [-0.1, -0.05) is 20.3 Å². The Labute approximate surface area is 57.4 Å². The molecule has 2 unspecified atom stereocenters. The third-order valence-corrected chi connectivity index (χ3v) is 2.15. The fraction of sp³-hybridized carbons (Fsp3) is 1.00. The minimum absolute atomic E-state index is 0.267. The summed E-state index contributed by atoms with van der Waals surface area (Å²) in [6, 6.07) is 0. The van der Waals surface area contributed by atoms with Crippen molar-refractivity contribution in [1.29, 1.82) is 0 Å². The smallest absolute Gasteiger partial charge is 0.0920 e. The highest BCUT2D eigenvalue weighted by molar-refractivity contribution is 4.97. The first kappa shape index (κ1) is 7.07. The Morgan fingerprint density at radius 3 is 2.44 bits per heavy atom. The van der Waals surface area contributed by atoms with Gasteiger partial charge < -0.3 is 4.74 Å². The molecule has 1 nitrogen and oxygen atoms in total. The summed E-state index contributed by atoms with van der Waals surface area (Å²) >= 11 is 0. The van der Waals surface area contributed by atoms with Gasteiger partial charge in [-0.25, -0.2) is 0 Å². The van der Waals surface area contributed by atoms with Gasteiger partial charge in [-0.15, -0.1) is 0 Å². The summed E-state index contributed by atoms with van der Waals surface area (Å²) in [6.45, 7) is 6.61. The average molecular weight is 128 g/mol. The zero-order valence-corrected chi connectivity index (χ0v) is 6.61. The Kier molecular flexibility index (Phi) is 1.80. The molecule has 0 bridgehead atoms. The van der Waals surface area contributed by atoms with E-state index in [4.69, 9.17) is 4.74 Å². The summed E-state index contributed by atoms with van der Waals surface area (Å²) in [4.78, 5) is 0. The first-order chi connectivity index (χ1) is 4.23. The molecule has 0 aromatic carbocycles. The highest BCUT2D eigenvalue weighted by atomic mass is 16.6. The van der Waals surface area contributed by atoms with Crippen LogP contribution in [0.1, 0.15) is 40.0 Å². The molecule has 2 atom stereocenters. The number of ether oxygens (including phenoxy) is 1. The number of hydrogen-bond donors (Lipinski definition) is 0. The van der Waals surface area contributed by atoms with E-state index in [0.717, 1.165) is 0 Å². The van der Waals surface area contributed by atoms with E-state index in [0.29, 0.717) is 6.10 Å². The van der Waals surface area contributed by atoms with Crippen LogP contribution in [0.25, 0.3) is 0 Å². The molecular formula is C8H16O. The van der Waals surface area contributed by atoms with Gasteiger partial charge in [0.15, 0.2) is 0 Å². The van der Waals surface area contributed by atoms with Crippen molar-refractivity contribution in [1.82, 2.24) is 0 Å². The fourth-order valence-corrected chi connectivity index (χ4v) is 1.52. The molecule has 0 N–H and O–H groups in total. The molecule has 1 fully saturated rings. The molecule has 0 aliphatic carbocycles. The topological polar surface area (TPSA) is 12.5 Å². The molecular weight excluding hydrogens is 112 g/mol. The van der Waals surface area contributed by atoms with Crippen LogP contribution < -0.4 is 0 Å². The van der Waals surface area contributed by atoms with Crippen molar-refractivity contribution in [2.45, 2.75) is 51.7 Å². The van der Waals surface area contributed by atoms with Crippen LogP contribution in [0.15, 0.2) is 0 Å². The molecule has 1 saturated heterocycles. The highest BCUT2D eigenvalue weighted by Crippen LogP contribution is 2.41. The molecule has 1 aliphatic rings. The number of epoxide rings is 1. The second-order valence-electron chi connectivity index (χ2n) is 3.08. The van der Waals surface area contributed by atoms with Crippen molar-refractivity contribution in [2.75, 3.05) is 0 Å². The summed E-state index contributed by atoms with van der Waals surface area (Å²) in [5.74, 6) is 0. The predicted octanol–water partition coefficient (Wildman–Crippen LogP) is 2.35. The molecule has 1 heterocycles. The molecule has 0 amide bonds. The van der Waals surface area contributed by atoms with Crippen molar-refractivity contribution in [2.24, 2.45) is 0 Å². The van der Waals surface area contributed by atoms with Gasteiger partial charge in [0.25, 0.3) is 0 Å². The monoisotopic (exact) mass is 128 g/mol. The summed E-state index contributed by atoms with van der Waals surface area (Å²) < 4.78 is 5.49. The maximum atomic E-state index is 5.49. The standard InChI is InChI=1S/C8H16O/c1-4-6-8(3)7(5-2)9-8/h7H,4-6H2,1-3H3. The lowest BCUT2D eigenvalue weighted by Gasteiger charge is -2.00. The largest absolute Gasteiger partial charge is 0.366 e. The van der Waals surface area contributed by atoms with Gasteiger partial charge in [0.1, 0.15) is 0 Å². The summed E-state index contributed by atoms with van der Waals surface area (Å²) in [5.41, 5.74) is 0.267. The minimum atomic E-state index is 0.267. The predicted molar refractivity (Wildman–Crippen MR) is 38.5 cm³/mol. The second-order valence-corrected chi connectivity index (χ2v) is 3.08. The maximum absolute atomic E-state index is 5.49. The molecule has 1 heteroatoms. The van der Waals surface area contributed by atoms with Crippen LogP contribution in [0.2, 0.25) is 0 Å². The lowest BCUT2D eigenvalue weighted by atomic mass is 10.0. The van der Waals surface area contributed by atoms with E-state index in [2.05, 4.69) is 20.8 Å². The molecule has 1 aliphatic heterocycles. The first-order valence-electron chi connectivity index (χ1n) is 3.90.